The van der Waals surface area contributed by atoms with Crippen LogP contribution in [0.4, 0.5) is 0 Å². The van der Waals surface area contributed by atoms with Crippen LogP contribution in [0.25, 0.3) is 0 Å². The molecule has 1 aliphatic heterocycles. The number of nitrogens with one attached hydrogen (secondary N) is 2. The average Bonchev–Trinajstić information content (AvgIpc) is 2.64. The van der Waals surface area contributed by atoms with Gasteiger partial charge in [-0.15, -0.1) is 0 Å². The monoisotopic (exact) mass is 381 g/mol. The Morgan fingerprint density at radius 2 is 1.88 bits per heavy atom. The van der Waals surface area contributed by atoms with Gasteiger partial charge in [-0.2, -0.15) is 0 Å². The lowest BCUT2D eigenvalue weighted by Gasteiger charge is -2.38. The molecule has 1 atom stereocenters. The van der Waals surface area contributed by atoms with Gasteiger partial charge in [-0.1, -0.05) is 43.6 Å². The average molecular weight is 382 g/mol. The van der Waals surface area contributed by atoms with E-state index >= 15 is 0 Å². The molecule has 0 aromatic heterocycles. The molecule has 1 aliphatic rings. The standard InChI is InChI=1S/C19H28ClN3O3/c1-13(2)17(21)18(25)22-11-16(24)23-12-19(7-9-26-10-8-19)14-5-3-4-6-15(14)20/h3-6,13,17H,7-12,21H2,1-2H3,(H,22,25)(H,23,24)/t17-/m0/s1. The van der Waals surface area contributed by atoms with Crippen LogP contribution in [0.1, 0.15) is 32.3 Å². The van der Waals surface area contributed by atoms with Crippen molar-refractivity contribution < 1.29 is 14.3 Å². The van der Waals surface area contributed by atoms with Crippen LogP contribution in [0, 0.1) is 5.92 Å². The summed E-state index contributed by atoms with van der Waals surface area (Å²) in [6.45, 7) is 5.34. The van der Waals surface area contributed by atoms with Gasteiger partial charge in [0.05, 0.1) is 12.6 Å². The summed E-state index contributed by atoms with van der Waals surface area (Å²) < 4.78 is 5.49. The molecule has 1 saturated heterocycles. The summed E-state index contributed by atoms with van der Waals surface area (Å²) in [6, 6.07) is 7.10. The van der Waals surface area contributed by atoms with E-state index in [1.54, 1.807) is 0 Å². The molecule has 1 aromatic rings. The molecule has 2 amide bonds. The Kier molecular flexibility index (Phi) is 7.43. The first-order valence-electron chi connectivity index (χ1n) is 8.98. The molecule has 144 valence electrons. The molecule has 0 radical (unpaired) electrons. The topological polar surface area (TPSA) is 93.5 Å². The number of carbonyl (C=O) groups is 2. The van der Waals surface area contributed by atoms with Gasteiger partial charge in [0, 0.05) is 30.2 Å². The smallest absolute Gasteiger partial charge is 0.239 e. The number of benzene rings is 1. The fourth-order valence-corrected chi connectivity index (χ4v) is 3.45. The second-order valence-corrected chi connectivity index (χ2v) is 7.54. The molecule has 7 heteroatoms. The van der Waals surface area contributed by atoms with Gasteiger partial charge in [0.2, 0.25) is 11.8 Å². The number of halogens is 1. The summed E-state index contributed by atoms with van der Waals surface area (Å²) in [7, 11) is 0. The largest absolute Gasteiger partial charge is 0.381 e. The highest BCUT2D eigenvalue weighted by atomic mass is 35.5. The number of nitrogens with two attached hydrogens (primary N) is 1. The fraction of sp³-hybridized carbons (Fsp3) is 0.579. The Hall–Kier alpha value is -1.63. The third kappa shape index (κ3) is 5.19. The molecule has 2 rings (SSSR count). The van der Waals surface area contributed by atoms with Gasteiger partial charge >= 0.3 is 0 Å². The Morgan fingerprint density at radius 3 is 2.50 bits per heavy atom. The van der Waals surface area contributed by atoms with Crippen molar-refractivity contribution in [2.75, 3.05) is 26.3 Å². The van der Waals surface area contributed by atoms with E-state index in [9.17, 15) is 9.59 Å². The molecular weight excluding hydrogens is 354 g/mol. The van der Waals surface area contributed by atoms with Crippen LogP contribution in [0.5, 0.6) is 0 Å². The minimum Gasteiger partial charge on any atom is -0.381 e. The third-order valence-corrected chi connectivity index (χ3v) is 5.29. The first-order valence-corrected chi connectivity index (χ1v) is 9.36. The van der Waals surface area contributed by atoms with Crippen molar-refractivity contribution >= 4 is 23.4 Å². The second-order valence-electron chi connectivity index (χ2n) is 7.14. The van der Waals surface area contributed by atoms with Gasteiger partial charge in [0.1, 0.15) is 0 Å². The Bertz CT molecular complexity index is 630. The number of carbonyl (C=O) groups excluding carboxylic acids is 2. The van der Waals surface area contributed by atoms with Gasteiger partial charge in [0.15, 0.2) is 0 Å². The summed E-state index contributed by atoms with van der Waals surface area (Å²) in [5.41, 5.74) is 6.54. The van der Waals surface area contributed by atoms with E-state index in [1.165, 1.54) is 0 Å². The van der Waals surface area contributed by atoms with Gasteiger partial charge in [-0.3, -0.25) is 9.59 Å². The molecule has 0 aliphatic carbocycles. The maximum atomic E-state index is 12.2. The number of amides is 2. The highest BCUT2D eigenvalue weighted by Gasteiger charge is 2.36. The molecule has 1 heterocycles. The van der Waals surface area contributed by atoms with E-state index in [4.69, 9.17) is 22.1 Å². The van der Waals surface area contributed by atoms with Crippen molar-refractivity contribution in [3.8, 4) is 0 Å². The van der Waals surface area contributed by atoms with Crippen molar-refractivity contribution in [2.24, 2.45) is 11.7 Å². The lowest BCUT2D eigenvalue weighted by atomic mass is 9.74. The summed E-state index contributed by atoms with van der Waals surface area (Å²) in [4.78, 5) is 24.1. The predicted octanol–water partition coefficient (Wildman–Crippen LogP) is 1.60. The zero-order valence-electron chi connectivity index (χ0n) is 15.4. The molecule has 1 fully saturated rings. The van der Waals surface area contributed by atoms with Crippen molar-refractivity contribution in [3.63, 3.8) is 0 Å². The molecule has 0 unspecified atom stereocenters. The van der Waals surface area contributed by atoms with E-state index in [1.807, 2.05) is 38.1 Å². The van der Waals surface area contributed by atoms with Crippen molar-refractivity contribution in [1.82, 2.24) is 10.6 Å². The van der Waals surface area contributed by atoms with Gasteiger partial charge < -0.3 is 21.1 Å². The van der Waals surface area contributed by atoms with Crippen molar-refractivity contribution in [2.45, 2.75) is 38.1 Å². The molecule has 4 N–H and O–H groups in total. The van der Waals surface area contributed by atoms with Crippen LogP contribution in [0.2, 0.25) is 5.02 Å². The van der Waals surface area contributed by atoms with E-state index in [0.717, 1.165) is 18.4 Å². The lowest BCUT2D eigenvalue weighted by molar-refractivity contribution is -0.127. The maximum Gasteiger partial charge on any atom is 0.239 e. The minimum absolute atomic E-state index is 0.0174. The summed E-state index contributed by atoms with van der Waals surface area (Å²) in [6.07, 6.45) is 1.56. The van der Waals surface area contributed by atoms with Crippen LogP contribution in [0.3, 0.4) is 0 Å². The normalized spacial score (nSPS) is 17.6. The Morgan fingerprint density at radius 1 is 1.23 bits per heavy atom. The molecule has 6 nitrogen and oxygen atoms in total. The number of hydrogen-bond donors (Lipinski definition) is 3. The van der Waals surface area contributed by atoms with Crippen LogP contribution in [-0.2, 0) is 19.7 Å². The van der Waals surface area contributed by atoms with Crippen LogP contribution in [-0.4, -0.2) is 44.2 Å². The predicted molar refractivity (Wildman–Crippen MR) is 102 cm³/mol. The minimum atomic E-state index is -0.618. The van der Waals surface area contributed by atoms with Crippen molar-refractivity contribution in [1.29, 1.82) is 0 Å². The SMILES string of the molecule is CC(C)[C@H](N)C(=O)NCC(=O)NCC1(c2ccccc2Cl)CCOCC1. The molecular formula is C19H28ClN3O3. The maximum absolute atomic E-state index is 12.2. The Balaban J connectivity index is 1.97. The first-order chi connectivity index (χ1) is 12.4. The number of ether oxygens (including phenoxy) is 1. The zero-order chi connectivity index (χ0) is 19.2. The fourth-order valence-electron chi connectivity index (χ4n) is 3.11. The van der Waals surface area contributed by atoms with Gasteiger partial charge in [-0.25, -0.2) is 0 Å². The lowest BCUT2D eigenvalue weighted by Crippen LogP contribution is -2.49. The molecule has 0 bridgehead atoms. The van der Waals surface area contributed by atoms with Crippen molar-refractivity contribution in [3.05, 3.63) is 34.9 Å². The zero-order valence-corrected chi connectivity index (χ0v) is 16.1. The highest BCUT2D eigenvalue weighted by molar-refractivity contribution is 6.31. The first kappa shape index (κ1) is 20.7. The second kappa shape index (κ2) is 9.35. The summed E-state index contributed by atoms with van der Waals surface area (Å²) in [5.74, 6) is -0.543. The number of hydrogen-bond acceptors (Lipinski definition) is 4. The van der Waals surface area contributed by atoms with E-state index in [-0.39, 0.29) is 29.7 Å². The van der Waals surface area contributed by atoms with E-state index in [2.05, 4.69) is 10.6 Å². The molecule has 26 heavy (non-hydrogen) atoms. The summed E-state index contributed by atoms with van der Waals surface area (Å²) >= 11 is 6.41. The molecule has 0 saturated carbocycles. The van der Waals surface area contributed by atoms with Crippen LogP contribution in [0.15, 0.2) is 24.3 Å². The number of rotatable bonds is 7. The molecule has 0 spiro atoms. The molecule has 1 aromatic carbocycles. The third-order valence-electron chi connectivity index (χ3n) is 4.96. The van der Waals surface area contributed by atoms with Gasteiger partial charge in [0.25, 0.3) is 0 Å². The van der Waals surface area contributed by atoms with Crippen LogP contribution >= 0.6 is 11.6 Å². The quantitative estimate of drug-likeness (QED) is 0.668. The summed E-state index contributed by atoms with van der Waals surface area (Å²) in [5, 5.41) is 6.22. The highest BCUT2D eigenvalue weighted by Crippen LogP contribution is 2.38. The van der Waals surface area contributed by atoms with E-state index in [0.29, 0.717) is 24.8 Å². The van der Waals surface area contributed by atoms with E-state index < -0.39 is 6.04 Å². The Labute approximate surface area is 159 Å². The van der Waals surface area contributed by atoms with Crippen LogP contribution < -0.4 is 16.4 Å². The van der Waals surface area contributed by atoms with Gasteiger partial charge in [-0.05, 0) is 30.4 Å².